The summed E-state index contributed by atoms with van der Waals surface area (Å²) in [6.07, 6.45) is 2.07. The number of aromatic nitrogens is 2. The van der Waals surface area contributed by atoms with Crippen LogP contribution in [-0.2, 0) is 0 Å². The van der Waals surface area contributed by atoms with E-state index in [2.05, 4.69) is 32.5 Å². The van der Waals surface area contributed by atoms with Gasteiger partial charge in [0.05, 0.1) is 23.7 Å². The van der Waals surface area contributed by atoms with E-state index in [-0.39, 0.29) is 5.96 Å². The van der Waals surface area contributed by atoms with E-state index < -0.39 is 0 Å². The highest BCUT2D eigenvalue weighted by molar-refractivity contribution is 5.92. The number of piperidine rings is 1. The molecule has 1 fully saturated rings. The van der Waals surface area contributed by atoms with Crippen LogP contribution in [0, 0.1) is 12.3 Å². The minimum atomic E-state index is 0.242. The second-order valence-electron chi connectivity index (χ2n) is 6.21. The number of ether oxygens (including phenoxy) is 1. The van der Waals surface area contributed by atoms with Crippen molar-refractivity contribution in [3.8, 4) is 5.75 Å². The molecule has 1 saturated heterocycles. The van der Waals surface area contributed by atoms with Gasteiger partial charge in [-0.1, -0.05) is 6.07 Å². The molecule has 128 valence electrons. The van der Waals surface area contributed by atoms with Crippen LogP contribution in [0.15, 0.2) is 18.2 Å². The van der Waals surface area contributed by atoms with Gasteiger partial charge in [0.2, 0.25) is 5.95 Å². The molecule has 24 heavy (non-hydrogen) atoms. The SMILES string of the molecule is COc1cccc2nc(NC(=N)NC3CCN(C)CC3)nc(C)c12. The number of rotatable bonds is 3. The van der Waals surface area contributed by atoms with E-state index in [0.29, 0.717) is 12.0 Å². The number of hydrogen-bond acceptors (Lipinski definition) is 5. The highest BCUT2D eigenvalue weighted by Gasteiger charge is 2.17. The third-order valence-corrected chi connectivity index (χ3v) is 4.39. The largest absolute Gasteiger partial charge is 0.496 e. The summed E-state index contributed by atoms with van der Waals surface area (Å²) in [6, 6.07) is 6.05. The molecule has 3 rings (SSSR count). The van der Waals surface area contributed by atoms with Crippen LogP contribution < -0.4 is 15.4 Å². The number of hydrogen-bond donors (Lipinski definition) is 3. The Kier molecular flexibility index (Phi) is 4.80. The molecule has 0 aliphatic carbocycles. The zero-order valence-corrected chi connectivity index (χ0v) is 14.4. The van der Waals surface area contributed by atoms with Crippen molar-refractivity contribution in [3.05, 3.63) is 23.9 Å². The van der Waals surface area contributed by atoms with Crippen LogP contribution in [0.25, 0.3) is 10.9 Å². The lowest BCUT2D eigenvalue weighted by atomic mass is 10.1. The number of fused-ring (bicyclic) bond motifs is 1. The second-order valence-corrected chi connectivity index (χ2v) is 6.21. The summed E-state index contributed by atoms with van der Waals surface area (Å²) in [5.74, 6) is 1.43. The molecule has 2 aromatic rings. The normalized spacial score (nSPS) is 16.1. The van der Waals surface area contributed by atoms with E-state index in [1.54, 1.807) is 7.11 Å². The van der Waals surface area contributed by atoms with Crippen molar-refractivity contribution in [2.45, 2.75) is 25.8 Å². The van der Waals surface area contributed by atoms with Gasteiger partial charge in [-0.05, 0) is 52.0 Å². The molecule has 7 nitrogen and oxygen atoms in total. The number of nitrogens with zero attached hydrogens (tertiary/aromatic N) is 3. The van der Waals surface area contributed by atoms with Gasteiger partial charge in [0.15, 0.2) is 5.96 Å². The van der Waals surface area contributed by atoms with E-state index in [9.17, 15) is 0 Å². The minimum absolute atomic E-state index is 0.242. The van der Waals surface area contributed by atoms with Crippen molar-refractivity contribution < 1.29 is 4.74 Å². The quantitative estimate of drug-likeness (QED) is 0.590. The number of nitrogens with one attached hydrogen (secondary N) is 3. The molecule has 3 N–H and O–H groups in total. The fourth-order valence-corrected chi connectivity index (χ4v) is 3.06. The van der Waals surface area contributed by atoms with Crippen LogP contribution in [-0.4, -0.2) is 54.1 Å². The number of benzene rings is 1. The highest BCUT2D eigenvalue weighted by atomic mass is 16.5. The maximum Gasteiger partial charge on any atom is 0.230 e. The van der Waals surface area contributed by atoms with Crippen molar-refractivity contribution in [1.82, 2.24) is 20.2 Å². The van der Waals surface area contributed by atoms with Gasteiger partial charge in [0.25, 0.3) is 0 Å². The summed E-state index contributed by atoms with van der Waals surface area (Å²) in [5, 5.41) is 15.2. The van der Waals surface area contributed by atoms with Crippen molar-refractivity contribution in [1.29, 1.82) is 5.41 Å². The van der Waals surface area contributed by atoms with Crippen LogP contribution in [0.2, 0.25) is 0 Å². The maximum absolute atomic E-state index is 8.13. The predicted molar refractivity (Wildman–Crippen MR) is 95.8 cm³/mol. The molecule has 2 heterocycles. The van der Waals surface area contributed by atoms with Crippen LogP contribution in [0.4, 0.5) is 5.95 Å². The van der Waals surface area contributed by atoms with Crippen LogP contribution in [0.5, 0.6) is 5.75 Å². The standard InChI is InChI=1S/C17H24N6O/c1-11-15-13(5-4-6-14(15)24-3)21-17(19-11)22-16(18)20-12-7-9-23(2)10-8-12/h4-6,12H,7-10H2,1-3H3,(H3,18,19,20,21,22). The average Bonchev–Trinajstić information content (AvgIpc) is 2.56. The lowest BCUT2D eigenvalue weighted by molar-refractivity contribution is 0.247. The van der Waals surface area contributed by atoms with Crippen LogP contribution in [0.1, 0.15) is 18.5 Å². The number of aryl methyl sites for hydroxylation is 1. The molecule has 1 aromatic carbocycles. The summed E-state index contributed by atoms with van der Waals surface area (Å²) in [4.78, 5) is 11.3. The molecule has 0 bridgehead atoms. The minimum Gasteiger partial charge on any atom is -0.496 e. The lowest BCUT2D eigenvalue weighted by Crippen LogP contribution is -2.45. The molecule has 7 heteroatoms. The molecular weight excluding hydrogens is 304 g/mol. The molecule has 0 atom stereocenters. The summed E-state index contributed by atoms with van der Waals surface area (Å²) >= 11 is 0. The number of anilines is 1. The zero-order chi connectivity index (χ0) is 17.1. The Morgan fingerprint density at radius 2 is 2.04 bits per heavy atom. The van der Waals surface area contributed by atoms with E-state index in [4.69, 9.17) is 10.1 Å². The first-order chi connectivity index (χ1) is 11.6. The summed E-state index contributed by atoms with van der Waals surface area (Å²) in [7, 11) is 3.77. The molecule has 0 amide bonds. The van der Waals surface area contributed by atoms with Crippen molar-refractivity contribution >= 4 is 22.8 Å². The van der Waals surface area contributed by atoms with Gasteiger partial charge in [-0.2, -0.15) is 0 Å². The summed E-state index contributed by atoms with van der Waals surface area (Å²) in [6.45, 7) is 4.03. The fraction of sp³-hybridized carbons (Fsp3) is 0.471. The number of likely N-dealkylation sites (tertiary alicyclic amines) is 1. The first-order valence-corrected chi connectivity index (χ1v) is 8.19. The smallest absolute Gasteiger partial charge is 0.230 e. The Balaban J connectivity index is 1.72. The van der Waals surface area contributed by atoms with Gasteiger partial charge in [0, 0.05) is 6.04 Å². The van der Waals surface area contributed by atoms with Gasteiger partial charge < -0.3 is 15.0 Å². The van der Waals surface area contributed by atoms with Gasteiger partial charge >= 0.3 is 0 Å². The first kappa shape index (κ1) is 16.4. The predicted octanol–water partition coefficient (Wildman–Crippen LogP) is 1.98. The third kappa shape index (κ3) is 3.56. The van der Waals surface area contributed by atoms with Crippen LogP contribution in [0.3, 0.4) is 0 Å². The van der Waals surface area contributed by atoms with Gasteiger partial charge in [0.1, 0.15) is 5.75 Å². The topological polar surface area (TPSA) is 86.2 Å². The van der Waals surface area contributed by atoms with Crippen molar-refractivity contribution in [2.24, 2.45) is 0 Å². The van der Waals surface area contributed by atoms with Gasteiger partial charge in [-0.3, -0.25) is 10.7 Å². The van der Waals surface area contributed by atoms with E-state index in [1.165, 1.54) is 0 Å². The molecule has 0 unspecified atom stereocenters. The molecule has 0 spiro atoms. The molecular formula is C17H24N6O. The Bertz CT molecular complexity index is 739. The number of methoxy groups -OCH3 is 1. The van der Waals surface area contributed by atoms with E-state index in [1.807, 2.05) is 25.1 Å². The Labute approximate surface area is 141 Å². The second kappa shape index (κ2) is 7.00. The molecule has 1 aliphatic heterocycles. The summed E-state index contributed by atoms with van der Waals surface area (Å²) < 4.78 is 5.38. The highest BCUT2D eigenvalue weighted by Crippen LogP contribution is 2.27. The zero-order valence-electron chi connectivity index (χ0n) is 14.4. The lowest BCUT2D eigenvalue weighted by Gasteiger charge is -2.30. The van der Waals surface area contributed by atoms with Crippen LogP contribution >= 0.6 is 0 Å². The first-order valence-electron chi connectivity index (χ1n) is 8.19. The third-order valence-electron chi connectivity index (χ3n) is 4.39. The Morgan fingerprint density at radius 3 is 2.75 bits per heavy atom. The summed E-state index contributed by atoms with van der Waals surface area (Å²) in [5.41, 5.74) is 1.63. The molecule has 1 aliphatic rings. The Hall–Kier alpha value is -2.41. The van der Waals surface area contributed by atoms with E-state index in [0.717, 1.165) is 48.3 Å². The van der Waals surface area contributed by atoms with Crippen molar-refractivity contribution in [3.63, 3.8) is 0 Å². The van der Waals surface area contributed by atoms with Gasteiger partial charge in [-0.15, -0.1) is 0 Å². The molecule has 1 aromatic heterocycles. The van der Waals surface area contributed by atoms with E-state index >= 15 is 0 Å². The van der Waals surface area contributed by atoms with Gasteiger partial charge in [-0.25, -0.2) is 9.97 Å². The van der Waals surface area contributed by atoms with Crippen molar-refractivity contribution in [2.75, 3.05) is 32.6 Å². The fourth-order valence-electron chi connectivity index (χ4n) is 3.06. The Morgan fingerprint density at radius 1 is 1.29 bits per heavy atom. The monoisotopic (exact) mass is 328 g/mol. The average molecular weight is 328 g/mol. The molecule has 0 saturated carbocycles. The number of guanidine groups is 1. The maximum atomic E-state index is 8.13. The molecule has 0 radical (unpaired) electrons.